The first kappa shape index (κ1) is 10.8. The predicted octanol–water partition coefficient (Wildman–Crippen LogP) is 2.31. The van der Waals surface area contributed by atoms with Gasteiger partial charge in [0.1, 0.15) is 5.83 Å². The number of rotatable bonds is 3. The lowest BCUT2D eigenvalue weighted by Gasteiger charge is -2.29. The van der Waals surface area contributed by atoms with Crippen molar-refractivity contribution < 1.29 is 4.39 Å². The molecule has 14 heavy (non-hydrogen) atoms. The van der Waals surface area contributed by atoms with Crippen molar-refractivity contribution in [3.05, 3.63) is 36.5 Å². The van der Waals surface area contributed by atoms with Crippen LogP contribution in [0.3, 0.4) is 0 Å². The number of halogens is 1. The van der Waals surface area contributed by atoms with E-state index in [2.05, 4.69) is 6.58 Å². The Morgan fingerprint density at radius 1 is 1.29 bits per heavy atom. The van der Waals surface area contributed by atoms with Crippen LogP contribution >= 0.6 is 0 Å². The molecule has 0 bridgehead atoms. The van der Waals surface area contributed by atoms with Crippen LogP contribution in [0, 0.1) is 0 Å². The van der Waals surface area contributed by atoms with Crippen LogP contribution in [0.1, 0.15) is 19.3 Å². The van der Waals surface area contributed by atoms with E-state index in [0.717, 1.165) is 25.9 Å². The molecule has 0 unspecified atom stereocenters. The van der Waals surface area contributed by atoms with Crippen LogP contribution in [0.4, 0.5) is 4.39 Å². The molecule has 0 aromatic rings. The van der Waals surface area contributed by atoms with E-state index in [9.17, 15) is 4.39 Å². The second-order valence-electron chi connectivity index (χ2n) is 3.35. The molecule has 1 heterocycles. The van der Waals surface area contributed by atoms with Gasteiger partial charge < -0.3 is 10.6 Å². The maximum absolute atomic E-state index is 13.5. The number of nitrogens with zero attached hydrogens (tertiary/aromatic N) is 1. The molecule has 1 aliphatic rings. The maximum Gasteiger partial charge on any atom is 0.147 e. The van der Waals surface area contributed by atoms with E-state index in [0.29, 0.717) is 5.70 Å². The second-order valence-corrected chi connectivity index (χ2v) is 3.35. The van der Waals surface area contributed by atoms with Gasteiger partial charge in [-0.15, -0.1) is 0 Å². The summed E-state index contributed by atoms with van der Waals surface area (Å²) in [4.78, 5) is 1.98. The Balaban J connectivity index is 2.70. The highest BCUT2D eigenvalue weighted by molar-refractivity contribution is 5.26. The van der Waals surface area contributed by atoms with E-state index in [4.69, 9.17) is 5.73 Å². The molecule has 78 valence electrons. The van der Waals surface area contributed by atoms with E-state index in [1.165, 1.54) is 24.8 Å². The summed E-state index contributed by atoms with van der Waals surface area (Å²) >= 11 is 0. The third kappa shape index (κ3) is 2.62. The lowest BCUT2D eigenvalue weighted by Crippen LogP contribution is -2.30. The molecule has 0 radical (unpaired) electrons. The first-order chi connectivity index (χ1) is 6.79. The number of hydrogen-bond acceptors (Lipinski definition) is 2. The Labute approximate surface area is 84.6 Å². The minimum atomic E-state index is -0.301. The van der Waals surface area contributed by atoms with Gasteiger partial charge in [0.15, 0.2) is 0 Å². The molecule has 0 aromatic carbocycles. The molecule has 2 N–H and O–H groups in total. The van der Waals surface area contributed by atoms with Crippen LogP contribution in [-0.4, -0.2) is 18.0 Å². The highest BCUT2D eigenvalue weighted by Crippen LogP contribution is 2.20. The van der Waals surface area contributed by atoms with Crippen LogP contribution in [0.25, 0.3) is 0 Å². The molecule has 0 spiro atoms. The van der Waals surface area contributed by atoms with E-state index < -0.39 is 0 Å². The van der Waals surface area contributed by atoms with Crippen LogP contribution in [-0.2, 0) is 0 Å². The van der Waals surface area contributed by atoms with Gasteiger partial charge in [-0.05, 0) is 25.3 Å². The molecule has 1 aliphatic heterocycles. The first-order valence-electron chi connectivity index (χ1n) is 4.95. The Hall–Kier alpha value is -1.25. The van der Waals surface area contributed by atoms with Crippen molar-refractivity contribution >= 4 is 0 Å². The molecule has 2 nitrogen and oxygen atoms in total. The van der Waals surface area contributed by atoms with Crippen LogP contribution < -0.4 is 5.73 Å². The summed E-state index contributed by atoms with van der Waals surface area (Å²) in [6.07, 6.45) is 7.55. The Morgan fingerprint density at radius 2 is 1.93 bits per heavy atom. The normalized spacial score (nSPS) is 19.6. The number of piperidine rings is 1. The average molecular weight is 196 g/mol. The van der Waals surface area contributed by atoms with Crippen molar-refractivity contribution in [3.63, 3.8) is 0 Å². The van der Waals surface area contributed by atoms with Gasteiger partial charge in [0, 0.05) is 19.3 Å². The molecule has 0 aromatic heterocycles. The van der Waals surface area contributed by atoms with Crippen molar-refractivity contribution in [2.75, 3.05) is 13.1 Å². The molecule has 1 saturated heterocycles. The predicted molar refractivity (Wildman–Crippen MR) is 57.1 cm³/mol. The van der Waals surface area contributed by atoms with Gasteiger partial charge in [0.25, 0.3) is 0 Å². The van der Waals surface area contributed by atoms with Gasteiger partial charge >= 0.3 is 0 Å². The molecule has 0 saturated carbocycles. The lowest BCUT2D eigenvalue weighted by molar-refractivity contribution is 0.280. The van der Waals surface area contributed by atoms with Gasteiger partial charge in [-0.1, -0.05) is 12.7 Å². The highest BCUT2D eigenvalue weighted by atomic mass is 19.1. The topological polar surface area (TPSA) is 29.3 Å². The minimum Gasteiger partial charge on any atom is -0.403 e. The molecule has 3 heteroatoms. The average Bonchev–Trinajstić information content (AvgIpc) is 2.21. The molecule has 0 aliphatic carbocycles. The summed E-state index contributed by atoms with van der Waals surface area (Å²) in [5, 5.41) is 0. The fourth-order valence-corrected chi connectivity index (χ4v) is 1.66. The zero-order chi connectivity index (χ0) is 10.4. The Bertz CT molecular complexity index is 250. The standard InChI is InChI=1S/C11H17FN2/c1-2-6-10(12)11(9-13)14-7-4-3-5-8-14/h2,6,9H,1,3-5,7-8,13H2/b10-6+,11-9-. The zero-order valence-electron chi connectivity index (χ0n) is 8.38. The SMILES string of the molecule is C=C/C=C(F)\C(=C\N)N1CCCCC1. The van der Waals surface area contributed by atoms with Gasteiger partial charge in [-0.25, -0.2) is 4.39 Å². The molecule has 0 amide bonds. The number of hydrogen-bond donors (Lipinski definition) is 1. The zero-order valence-corrected chi connectivity index (χ0v) is 8.38. The summed E-state index contributed by atoms with van der Waals surface area (Å²) in [5.74, 6) is -0.301. The van der Waals surface area contributed by atoms with Crippen LogP contribution in [0.15, 0.2) is 36.5 Å². The van der Waals surface area contributed by atoms with Crippen molar-refractivity contribution in [2.45, 2.75) is 19.3 Å². The van der Waals surface area contributed by atoms with E-state index in [-0.39, 0.29) is 5.83 Å². The van der Waals surface area contributed by atoms with Crippen LogP contribution in [0.5, 0.6) is 0 Å². The van der Waals surface area contributed by atoms with Gasteiger partial charge in [0.2, 0.25) is 0 Å². The summed E-state index contributed by atoms with van der Waals surface area (Å²) in [6.45, 7) is 5.24. The smallest absolute Gasteiger partial charge is 0.147 e. The van der Waals surface area contributed by atoms with E-state index >= 15 is 0 Å². The Kier molecular flexibility index (Phi) is 4.23. The summed E-state index contributed by atoms with van der Waals surface area (Å²) in [6, 6.07) is 0. The van der Waals surface area contributed by atoms with Crippen molar-refractivity contribution in [1.82, 2.24) is 4.90 Å². The summed E-state index contributed by atoms with van der Waals surface area (Å²) < 4.78 is 13.5. The summed E-state index contributed by atoms with van der Waals surface area (Å²) in [7, 11) is 0. The fraction of sp³-hybridized carbons (Fsp3) is 0.455. The van der Waals surface area contributed by atoms with Crippen LogP contribution in [0.2, 0.25) is 0 Å². The largest absolute Gasteiger partial charge is 0.403 e. The monoisotopic (exact) mass is 196 g/mol. The number of nitrogens with two attached hydrogens (primary N) is 1. The molecule has 1 rings (SSSR count). The molecule has 1 fully saturated rings. The maximum atomic E-state index is 13.5. The number of likely N-dealkylation sites (tertiary alicyclic amines) is 1. The highest BCUT2D eigenvalue weighted by Gasteiger charge is 2.15. The number of allylic oxidation sites excluding steroid dienone is 3. The van der Waals surface area contributed by atoms with Crippen molar-refractivity contribution in [3.8, 4) is 0 Å². The molecule has 0 atom stereocenters. The first-order valence-corrected chi connectivity index (χ1v) is 4.95. The quantitative estimate of drug-likeness (QED) is 0.702. The minimum absolute atomic E-state index is 0.301. The van der Waals surface area contributed by atoms with E-state index in [1.54, 1.807) is 0 Å². The van der Waals surface area contributed by atoms with Gasteiger partial charge in [-0.2, -0.15) is 0 Å². The molecular weight excluding hydrogens is 179 g/mol. The van der Waals surface area contributed by atoms with Gasteiger partial charge in [-0.3, -0.25) is 0 Å². The third-order valence-corrected chi connectivity index (χ3v) is 2.36. The lowest BCUT2D eigenvalue weighted by atomic mass is 10.1. The fourth-order valence-electron chi connectivity index (χ4n) is 1.66. The van der Waals surface area contributed by atoms with Crippen molar-refractivity contribution in [1.29, 1.82) is 0 Å². The third-order valence-electron chi connectivity index (χ3n) is 2.36. The van der Waals surface area contributed by atoms with Gasteiger partial charge in [0.05, 0.1) is 5.70 Å². The second kappa shape index (κ2) is 5.47. The van der Waals surface area contributed by atoms with E-state index in [1.807, 2.05) is 4.90 Å². The summed E-state index contributed by atoms with van der Waals surface area (Å²) in [5.41, 5.74) is 5.91. The molecular formula is C11H17FN2. The Morgan fingerprint density at radius 3 is 2.43 bits per heavy atom. The van der Waals surface area contributed by atoms with Crippen molar-refractivity contribution in [2.24, 2.45) is 5.73 Å².